The third-order valence-corrected chi connectivity index (χ3v) is 4.20. The Morgan fingerprint density at radius 3 is 2.52 bits per heavy atom. The number of pyridine rings is 1. The van der Waals surface area contributed by atoms with Crippen LogP contribution >= 0.6 is 0 Å². The minimum Gasteiger partial charge on any atom is -0.497 e. The molecule has 1 N–H and O–H groups in total. The highest BCUT2D eigenvalue weighted by Crippen LogP contribution is 2.29. The van der Waals surface area contributed by atoms with E-state index in [4.69, 9.17) is 14.2 Å². The van der Waals surface area contributed by atoms with Gasteiger partial charge in [0.05, 0.1) is 44.2 Å². The molecule has 0 atom stereocenters. The van der Waals surface area contributed by atoms with Crippen molar-refractivity contribution in [1.82, 2.24) is 9.88 Å². The molecule has 2 heterocycles. The van der Waals surface area contributed by atoms with E-state index in [-0.39, 0.29) is 17.4 Å². The van der Waals surface area contributed by atoms with E-state index in [9.17, 15) is 9.59 Å². The molecule has 2 aromatic rings. The summed E-state index contributed by atoms with van der Waals surface area (Å²) in [6.07, 6.45) is 2.88. The lowest BCUT2D eigenvalue weighted by Crippen LogP contribution is -2.40. The molecule has 0 unspecified atom stereocenters. The van der Waals surface area contributed by atoms with Crippen LogP contribution in [0.15, 0.2) is 36.7 Å². The van der Waals surface area contributed by atoms with Gasteiger partial charge in [0.15, 0.2) is 0 Å². The van der Waals surface area contributed by atoms with Gasteiger partial charge in [-0.25, -0.2) is 0 Å². The average molecular weight is 371 g/mol. The maximum atomic E-state index is 12.6. The van der Waals surface area contributed by atoms with E-state index in [1.165, 1.54) is 25.6 Å². The lowest BCUT2D eigenvalue weighted by molar-refractivity contribution is 0.0302. The first-order valence-corrected chi connectivity index (χ1v) is 8.48. The number of methoxy groups -OCH3 is 2. The van der Waals surface area contributed by atoms with Crippen molar-refractivity contribution < 1.29 is 23.8 Å². The summed E-state index contributed by atoms with van der Waals surface area (Å²) in [5.74, 6) is 0.533. The van der Waals surface area contributed by atoms with Crippen molar-refractivity contribution in [3.8, 4) is 11.5 Å². The third-order valence-electron chi connectivity index (χ3n) is 4.20. The highest BCUT2D eigenvalue weighted by Gasteiger charge is 2.20. The minimum absolute atomic E-state index is 0.164. The Morgan fingerprint density at radius 1 is 1.07 bits per heavy atom. The fraction of sp³-hybridized carbons (Fsp3) is 0.316. The zero-order valence-electron chi connectivity index (χ0n) is 15.2. The molecular formula is C19H21N3O5. The third kappa shape index (κ3) is 4.35. The molecule has 1 fully saturated rings. The largest absolute Gasteiger partial charge is 0.497 e. The van der Waals surface area contributed by atoms with Crippen LogP contribution in [0.5, 0.6) is 11.5 Å². The summed E-state index contributed by atoms with van der Waals surface area (Å²) in [7, 11) is 3.06. The van der Waals surface area contributed by atoms with Crippen molar-refractivity contribution in [2.45, 2.75) is 0 Å². The Bertz CT molecular complexity index is 834. The number of hydrogen-bond donors (Lipinski definition) is 1. The molecule has 3 rings (SSSR count). The van der Waals surface area contributed by atoms with Crippen LogP contribution in [0.2, 0.25) is 0 Å². The van der Waals surface area contributed by atoms with Gasteiger partial charge in [-0.15, -0.1) is 0 Å². The van der Waals surface area contributed by atoms with Gasteiger partial charge in [0.2, 0.25) is 0 Å². The van der Waals surface area contributed by atoms with Crippen molar-refractivity contribution in [3.63, 3.8) is 0 Å². The number of hydrogen-bond acceptors (Lipinski definition) is 6. The molecular weight excluding hydrogens is 350 g/mol. The molecule has 1 saturated heterocycles. The Balaban J connectivity index is 1.76. The van der Waals surface area contributed by atoms with Crippen LogP contribution in [0.25, 0.3) is 0 Å². The molecule has 1 aromatic heterocycles. The number of rotatable bonds is 5. The summed E-state index contributed by atoms with van der Waals surface area (Å²) in [6, 6.07) is 6.61. The standard InChI is InChI=1S/C19H21N3O5/c1-25-15-3-4-16(17(10-15)26-2)21-18(23)13-9-14(12-20-11-13)19(24)22-5-7-27-8-6-22/h3-4,9-12H,5-8H2,1-2H3,(H,21,23). The van der Waals surface area contributed by atoms with Gasteiger partial charge >= 0.3 is 0 Å². The second-order valence-electron chi connectivity index (χ2n) is 5.89. The second kappa shape index (κ2) is 8.50. The number of ether oxygens (including phenoxy) is 3. The number of anilines is 1. The minimum atomic E-state index is -0.386. The maximum absolute atomic E-state index is 12.6. The van der Waals surface area contributed by atoms with Crippen molar-refractivity contribution >= 4 is 17.5 Å². The molecule has 1 aromatic carbocycles. The summed E-state index contributed by atoms with van der Waals surface area (Å²) in [5, 5.41) is 2.77. The summed E-state index contributed by atoms with van der Waals surface area (Å²) in [4.78, 5) is 30.9. The number of carbonyl (C=O) groups excluding carboxylic acids is 2. The van der Waals surface area contributed by atoms with Gasteiger partial charge in [0.1, 0.15) is 11.5 Å². The van der Waals surface area contributed by atoms with Crippen LogP contribution in [0.1, 0.15) is 20.7 Å². The molecule has 0 bridgehead atoms. The van der Waals surface area contributed by atoms with Gasteiger partial charge in [-0.1, -0.05) is 0 Å². The first-order chi connectivity index (χ1) is 13.1. The predicted octanol–water partition coefficient (Wildman–Crippen LogP) is 1.82. The zero-order chi connectivity index (χ0) is 19.2. The van der Waals surface area contributed by atoms with E-state index < -0.39 is 0 Å². The van der Waals surface area contributed by atoms with E-state index in [0.717, 1.165) is 0 Å². The number of carbonyl (C=O) groups is 2. The topological polar surface area (TPSA) is 90.0 Å². The van der Waals surface area contributed by atoms with Crippen LogP contribution in [0.4, 0.5) is 5.69 Å². The predicted molar refractivity (Wildman–Crippen MR) is 98.5 cm³/mol. The Hall–Kier alpha value is -3.13. The second-order valence-corrected chi connectivity index (χ2v) is 5.89. The Morgan fingerprint density at radius 2 is 1.81 bits per heavy atom. The van der Waals surface area contributed by atoms with E-state index in [1.54, 1.807) is 30.2 Å². The van der Waals surface area contributed by atoms with Gasteiger partial charge < -0.3 is 24.4 Å². The fourth-order valence-electron chi connectivity index (χ4n) is 2.73. The molecule has 8 nitrogen and oxygen atoms in total. The Kier molecular flexibility index (Phi) is 5.87. The highest BCUT2D eigenvalue weighted by molar-refractivity contribution is 6.06. The van der Waals surface area contributed by atoms with E-state index in [0.29, 0.717) is 49.1 Å². The highest BCUT2D eigenvalue weighted by atomic mass is 16.5. The van der Waals surface area contributed by atoms with Crippen molar-refractivity contribution in [2.75, 3.05) is 45.8 Å². The summed E-state index contributed by atoms with van der Waals surface area (Å²) >= 11 is 0. The average Bonchev–Trinajstić information content (AvgIpc) is 2.74. The fourth-order valence-corrected chi connectivity index (χ4v) is 2.73. The van der Waals surface area contributed by atoms with Gasteiger partial charge in [-0.05, 0) is 18.2 Å². The monoisotopic (exact) mass is 371 g/mol. The summed E-state index contributed by atoms with van der Waals surface area (Å²) in [6.45, 7) is 2.07. The van der Waals surface area contributed by atoms with Gasteiger partial charge in [0, 0.05) is 31.5 Å². The van der Waals surface area contributed by atoms with Crippen LogP contribution in [0, 0.1) is 0 Å². The van der Waals surface area contributed by atoms with Crippen LogP contribution < -0.4 is 14.8 Å². The van der Waals surface area contributed by atoms with E-state index in [2.05, 4.69) is 10.3 Å². The number of nitrogens with one attached hydrogen (secondary N) is 1. The van der Waals surface area contributed by atoms with Crippen molar-refractivity contribution in [3.05, 3.63) is 47.8 Å². The lowest BCUT2D eigenvalue weighted by atomic mass is 10.1. The van der Waals surface area contributed by atoms with Crippen LogP contribution in [-0.2, 0) is 4.74 Å². The molecule has 1 aliphatic rings. The molecule has 2 amide bonds. The van der Waals surface area contributed by atoms with Gasteiger partial charge in [-0.2, -0.15) is 0 Å². The number of amides is 2. The number of morpholine rings is 1. The van der Waals surface area contributed by atoms with Crippen LogP contribution in [0.3, 0.4) is 0 Å². The Labute approximate surface area is 157 Å². The lowest BCUT2D eigenvalue weighted by Gasteiger charge is -2.26. The molecule has 0 aliphatic carbocycles. The number of benzene rings is 1. The van der Waals surface area contributed by atoms with Crippen molar-refractivity contribution in [2.24, 2.45) is 0 Å². The van der Waals surface area contributed by atoms with Gasteiger partial charge in [0.25, 0.3) is 11.8 Å². The molecule has 142 valence electrons. The maximum Gasteiger partial charge on any atom is 0.257 e. The normalized spacial score (nSPS) is 13.8. The molecule has 0 saturated carbocycles. The van der Waals surface area contributed by atoms with E-state index >= 15 is 0 Å². The molecule has 0 radical (unpaired) electrons. The van der Waals surface area contributed by atoms with E-state index in [1.807, 2.05) is 0 Å². The summed E-state index contributed by atoms with van der Waals surface area (Å²) in [5.41, 5.74) is 1.14. The zero-order valence-corrected chi connectivity index (χ0v) is 15.2. The summed E-state index contributed by atoms with van der Waals surface area (Å²) < 4.78 is 15.7. The number of nitrogens with zero attached hydrogens (tertiary/aromatic N) is 2. The van der Waals surface area contributed by atoms with Crippen molar-refractivity contribution in [1.29, 1.82) is 0 Å². The number of aromatic nitrogens is 1. The smallest absolute Gasteiger partial charge is 0.257 e. The van der Waals surface area contributed by atoms with Crippen LogP contribution in [-0.4, -0.2) is 62.2 Å². The molecule has 27 heavy (non-hydrogen) atoms. The first-order valence-electron chi connectivity index (χ1n) is 8.48. The SMILES string of the molecule is COc1ccc(NC(=O)c2cncc(C(=O)N3CCOCC3)c2)c(OC)c1. The first kappa shape index (κ1) is 18.7. The molecule has 0 spiro atoms. The molecule has 1 aliphatic heterocycles. The quantitative estimate of drug-likeness (QED) is 0.862. The molecule has 8 heteroatoms. The van der Waals surface area contributed by atoms with Gasteiger partial charge in [-0.3, -0.25) is 14.6 Å².